The highest BCUT2D eigenvalue weighted by molar-refractivity contribution is 9.10. The second-order valence-electron chi connectivity index (χ2n) is 4.50. The molecule has 0 saturated carbocycles. The number of amidine groups is 1. The van der Waals surface area contributed by atoms with Crippen molar-refractivity contribution in [3.8, 4) is 0 Å². The molecule has 0 aliphatic heterocycles. The molecule has 2 rings (SSSR count). The van der Waals surface area contributed by atoms with Crippen molar-refractivity contribution in [2.45, 2.75) is 6.54 Å². The van der Waals surface area contributed by atoms with E-state index in [0.717, 1.165) is 10.0 Å². The summed E-state index contributed by atoms with van der Waals surface area (Å²) in [6.45, 7) is 0.598. The summed E-state index contributed by atoms with van der Waals surface area (Å²) in [5.74, 6) is 0.772. The fourth-order valence-corrected chi connectivity index (χ4v) is 2.70. The number of oxime groups is 1. The summed E-state index contributed by atoms with van der Waals surface area (Å²) < 4.78 is 0.832. The quantitative estimate of drug-likeness (QED) is 0.375. The molecular weight excluding hydrogens is 356 g/mol. The fraction of sp³-hybridized carbons (Fsp3) is 0.143. The van der Waals surface area contributed by atoms with E-state index < -0.39 is 0 Å². The first-order chi connectivity index (χ1) is 10.0. The lowest BCUT2D eigenvalue weighted by atomic mass is 10.1. The summed E-state index contributed by atoms with van der Waals surface area (Å²) in [6.07, 6.45) is 1.70. The lowest BCUT2D eigenvalue weighted by Gasteiger charge is -2.19. The van der Waals surface area contributed by atoms with Crippen LogP contribution in [0.15, 0.2) is 46.2 Å². The van der Waals surface area contributed by atoms with Crippen molar-refractivity contribution in [3.63, 3.8) is 0 Å². The van der Waals surface area contributed by atoms with Crippen LogP contribution in [0.3, 0.4) is 0 Å². The van der Waals surface area contributed by atoms with E-state index in [0.29, 0.717) is 22.9 Å². The van der Waals surface area contributed by atoms with Gasteiger partial charge in [0.1, 0.15) is 5.82 Å². The molecule has 0 spiro atoms. The molecule has 0 saturated heterocycles. The van der Waals surface area contributed by atoms with E-state index >= 15 is 0 Å². The van der Waals surface area contributed by atoms with E-state index in [2.05, 4.69) is 26.1 Å². The topological polar surface area (TPSA) is 74.7 Å². The van der Waals surface area contributed by atoms with Crippen LogP contribution in [0.25, 0.3) is 0 Å². The van der Waals surface area contributed by atoms with Crippen molar-refractivity contribution in [1.82, 2.24) is 4.98 Å². The van der Waals surface area contributed by atoms with Crippen LogP contribution in [0.5, 0.6) is 0 Å². The van der Waals surface area contributed by atoms with E-state index in [9.17, 15) is 0 Å². The van der Waals surface area contributed by atoms with Crippen LogP contribution in [0.4, 0.5) is 5.82 Å². The third-order valence-electron chi connectivity index (χ3n) is 2.90. The van der Waals surface area contributed by atoms with Crippen LogP contribution in [0.1, 0.15) is 11.1 Å². The average Bonchev–Trinajstić information content (AvgIpc) is 2.46. The highest BCUT2D eigenvalue weighted by atomic mass is 79.9. The van der Waals surface area contributed by atoms with Gasteiger partial charge in [-0.2, -0.15) is 0 Å². The fourth-order valence-electron chi connectivity index (χ4n) is 1.92. The number of halogens is 2. The summed E-state index contributed by atoms with van der Waals surface area (Å²) >= 11 is 9.52. The van der Waals surface area contributed by atoms with Crippen LogP contribution in [0, 0.1) is 0 Å². The third kappa shape index (κ3) is 3.86. The first-order valence-electron chi connectivity index (χ1n) is 6.10. The molecule has 1 heterocycles. The summed E-state index contributed by atoms with van der Waals surface area (Å²) in [6, 6.07) is 9.25. The molecule has 7 heteroatoms. The number of nitrogens with zero attached hydrogens (tertiary/aromatic N) is 3. The van der Waals surface area contributed by atoms with Crippen LogP contribution in [-0.4, -0.2) is 23.1 Å². The SMILES string of the molecule is CN(Cc1cccc(/C(N)=N/O)c1)c1ncc(Br)cc1Cl. The molecule has 3 N–H and O–H groups in total. The second-order valence-corrected chi connectivity index (χ2v) is 5.82. The highest BCUT2D eigenvalue weighted by Gasteiger charge is 2.10. The highest BCUT2D eigenvalue weighted by Crippen LogP contribution is 2.26. The Morgan fingerprint density at radius 2 is 2.24 bits per heavy atom. The van der Waals surface area contributed by atoms with Crippen LogP contribution < -0.4 is 10.6 Å². The van der Waals surface area contributed by atoms with Gasteiger partial charge in [-0.1, -0.05) is 35.0 Å². The molecule has 0 bridgehead atoms. The normalized spacial score (nSPS) is 11.5. The first-order valence-corrected chi connectivity index (χ1v) is 7.27. The van der Waals surface area contributed by atoms with Crippen molar-refractivity contribution in [2.24, 2.45) is 10.9 Å². The maximum Gasteiger partial charge on any atom is 0.170 e. The van der Waals surface area contributed by atoms with Gasteiger partial charge in [-0.05, 0) is 33.6 Å². The number of aromatic nitrogens is 1. The summed E-state index contributed by atoms with van der Waals surface area (Å²) in [5, 5.41) is 12.3. The van der Waals surface area contributed by atoms with E-state index in [1.165, 1.54) is 0 Å². The largest absolute Gasteiger partial charge is 0.409 e. The molecule has 0 atom stereocenters. The molecule has 0 fully saturated rings. The van der Waals surface area contributed by atoms with Gasteiger partial charge in [0.15, 0.2) is 5.84 Å². The Morgan fingerprint density at radius 1 is 1.48 bits per heavy atom. The number of pyridine rings is 1. The van der Waals surface area contributed by atoms with E-state index in [4.69, 9.17) is 22.5 Å². The van der Waals surface area contributed by atoms with Gasteiger partial charge >= 0.3 is 0 Å². The molecule has 5 nitrogen and oxygen atoms in total. The number of nitrogens with two attached hydrogens (primary N) is 1. The van der Waals surface area contributed by atoms with Gasteiger partial charge in [-0.25, -0.2) is 4.98 Å². The monoisotopic (exact) mass is 368 g/mol. The summed E-state index contributed by atoms with van der Waals surface area (Å²) in [5.41, 5.74) is 7.26. The number of benzene rings is 1. The molecule has 1 aromatic heterocycles. The van der Waals surface area contributed by atoms with Gasteiger partial charge in [0, 0.05) is 29.8 Å². The van der Waals surface area contributed by atoms with Crippen molar-refractivity contribution >= 4 is 39.2 Å². The Labute approximate surface area is 136 Å². The third-order valence-corrected chi connectivity index (χ3v) is 3.61. The van der Waals surface area contributed by atoms with Gasteiger partial charge in [0.05, 0.1) is 5.02 Å². The van der Waals surface area contributed by atoms with Gasteiger partial charge in [-0.15, -0.1) is 0 Å². The maximum atomic E-state index is 8.72. The van der Waals surface area contributed by atoms with Gasteiger partial charge in [0.2, 0.25) is 0 Å². The lowest BCUT2D eigenvalue weighted by molar-refractivity contribution is 0.318. The Kier molecular flexibility index (Phi) is 5.03. The molecule has 0 unspecified atom stereocenters. The predicted octanol–water partition coefficient (Wildman–Crippen LogP) is 3.23. The van der Waals surface area contributed by atoms with Crippen molar-refractivity contribution < 1.29 is 5.21 Å². The molecule has 0 amide bonds. The minimum Gasteiger partial charge on any atom is -0.409 e. The zero-order valence-corrected chi connectivity index (χ0v) is 13.6. The molecule has 0 aliphatic carbocycles. The Balaban J connectivity index is 2.21. The predicted molar refractivity (Wildman–Crippen MR) is 88.0 cm³/mol. The van der Waals surface area contributed by atoms with E-state index in [1.807, 2.05) is 30.1 Å². The molecule has 110 valence electrons. The van der Waals surface area contributed by atoms with Crippen LogP contribution in [0.2, 0.25) is 5.02 Å². The first kappa shape index (κ1) is 15.6. The maximum absolute atomic E-state index is 8.72. The standard InChI is InChI=1S/C14H14BrClN4O/c1-20(14-12(16)6-11(15)7-18-14)8-9-3-2-4-10(5-9)13(17)19-21/h2-7,21H,8H2,1H3,(H2,17,19). The van der Waals surface area contributed by atoms with Crippen molar-refractivity contribution in [2.75, 3.05) is 11.9 Å². The number of hydrogen-bond donors (Lipinski definition) is 2. The van der Waals surface area contributed by atoms with E-state index in [-0.39, 0.29) is 5.84 Å². The Morgan fingerprint density at radius 3 is 2.90 bits per heavy atom. The zero-order valence-electron chi connectivity index (χ0n) is 11.3. The number of rotatable bonds is 4. The van der Waals surface area contributed by atoms with Gasteiger partial charge < -0.3 is 15.8 Å². The Bertz CT molecular complexity index is 678. The minimum absolute atomic E-state index is 0.0827. The molecule has 1 aromatic carbocycles. The minimum atomic E-state index is 0.0827. The molecule has 2 aromatic rings. The van der Waals surface area contributed by atoms with Crippen LogP contribution >= 0.6 is 27.5 Å². The van der Waals surface area contributed by atoms with Crippen molar-refractivity contribution in [3.05, 3.63) is 57.2 Å². The lowest BCUT2D eigenvalue weighted by Crippen LogP contribution is -2.19. The second kappa shape index (κ2) is 6.78. The summed E-state index contributed by atoms with van der Waals surface area (Å²) in [4.78, 5) is 6.24. The van der Waals surface area contributed by atoms with E-state index in [1.54, 1.807) is 18.3 Å². The summed E-state index contributed by atoms with van der Waals surface area (Å²) in [7, 11) is 1.90. The zero-order chi connectivity index (χ0) is 15.4. The smallest absolute Gasteiger partial charge is 0.170 e. The number of hydrogen-bond acceptors (Lipinski definition) is 4. The molecule has 0 radical (unpaired) electrons. The average molecular weight is 370 g/mol. The van der Waals surface area contributed by atoms with Gasteiger partial charge in [0.25, 0.3) is 0 Å². The van der Waals surface area contributed by atoms with Gasteiger partial charge in [-0.3, -0.25) is 0 Å². The molecule has 0 aliphatic rings. The van der Waals surface area contributed by atoms with Crippen molar-refractivity contribution in [1.29, 1.82) is 0 Å². The molecule has 21 heavy (non-hydrogen) atoms. The number of anilines is 1. The Hall–Kier alpha value is -1.79. The molecular formula is C14H14BrClN4O. The van der Waals surface area contributed by atoms with Crippen LogP contribution in [-0.2, 0) is 6.54 Å².